The average molecular weight is 398 g/mol. The Morgan fingerprint density at radius 1 is 1.10 bits per heavy atom. The molecule has 0 saturated carbocycles. The molecule has 2 aliphatic heterocycles. The lowest BCUT2D eigenvalue weighted by molar-refractivity contribution is -0.127. The van der Waals surface area contributed by atoms with Crippen LogP contribution in [0.5, 0.6) is 17.2 Å². The van der Waals surface area contributed by atoms with Crippen LogP contribution in [-0.2, 0) is 11.3 Å². The van der Waals surface area contributed by atoms with Crippen molar-refractivity contribution in [2.24, 2.45) is 0 Å². The molecule has 2 heterocycles. The van der Waals surface area contributed by atoms with Gasteiger partial charge in [0.2, 0.25) is 12.7 Å². The van der Waals surface area contributed by atoms with Crippen LogP contribution >= 0.6 is 0 Å². The first kappa shape index (κ1) is 19.3. The summed E-state index contributed by atoms with van der Waals surface area (Å²) in [7, 11) is 1.45. The van der Waals surface area contributed by atoms with Gasteiger partial charge >= 0.3 is 0 Å². The van der Waals surface area contributed by atoms with Crippen LogP contribution in [0, 0.1) is 5.82 Å². The minimum atomic E-state index is -0.354. The third-order valence-corrected chi connectivity index (χ3v) is 5.12. The average Bonchev–Trinajstić information content (AvgIpc) is 3.20. The number of benzene rings is 2. The maximum absolute atomic E-state index is 13.9. The number of carbonyl (C=O) groups is 1. The van der Waals surface area contributed by atoms with Gasteiger partial charge in [-0.2, -0.15) is 0 Å². The van der Waals surface area contributed by atoms with E-state index in [-0.39, 0.29) is 24.3 Å². The van der Waals surface area contributed by atoms with E-state index in [1.807, 2.05) is 29.2 Å². The topological polar surface area (TPSA) is 51.2 Å². The van der Waals surface area contributed by atoms with Crippen LogP contribution in [0.1, 0.15) is 11.1 Å². The Balaban J connectivity index is 1.29. The Labute approximate surface area is 169 Å². The fourth-order valence-electron chi connectivity index (χ4n) is 3.48. The molecule has 1 fully saturated rings. The second-order valence-corrected chi connectivity index (χ2v) is 7.02. The molecule has 0 atom stereocenters. The predicted octanol–water partition coefficient (Wildman–Crippen LogP) is 2.92. The van der Waals surface area contributed by atoms with E-state index < -0.39 is 0 Å². The second kappa shape index (κ2) is 8.53. The van der Waals surface area contributed by atoms with Crippen molar-refractivity contribution in [2.75, 3.05) is 40.1 Å². The highest BCUT2D eigenvalue weighted by Crippen LogP contribution is 2.32. The molecule has 0 aromatic heterocycles. The van der Waals surface area contributed by atoms with Gasteiger partial charge in [-0.25, -0.2) is 4.39 Å². The van der Waals surface area contributed by atoms with Crippen molar-refractivity contribution in [3.63, 3.8) is 0 Å². The van der Waals surface area contributed by atoms with Crippen LogP contribution < -0.4 is 14.2 Å². The summed E-state index contributed by atoms with van der Waals surface area (Å²) in [4.78, 5) is 16.5. The Kier molecular flexibility index (Phi) is 5.67. The van der Waals surface area contributed by atoms with Gasteiger partial charge in [0.1, 0.15) is 0 Å². The molecule has 0 spiro atoms. The van der Waals surface area contributed by atoms with Crippen LogP contribution in [0.3, 0.4) is 0 Å². The van der Waals surface area contributed by atoms with Crippen LogP contribution in [0.25, 0.3) is 6.08 Å². The summed E-state index contributed by atoms with van der Waals surface area (Å²) in [6.07, 6.45) is 3.38. The number of fused-ring (bicyclic) bond motifs is 1. The van der Waals surface area contributed by atoms with Crippen LogP contribution in [0.15, 0.2) is 42.5 Å². The van der Waals surface area contributed by atoms with Crippen LogP contribution in [0.2, 0.25) is 0 Å². The van der Waals surface area contributed by atoms with Crippen molar-refractivity contribution < 1.29 is 23.4 Å². The second-order valence-electron chi connectivity index (χ2n) is 7.02. The summed E-state index contributed by atoms with van der Waals surface area (Å²) in [5.41, 5.74) is 1.79. The van der Waals surface area contributed by atoms with Crippen molar-refractivity contribution in [3.8, 4) is 17.2 Å². The number of piperazine rings is 1. The summed E-state index contributed by atoms with van der Waals surface area (Å²) in [6.45, 7) is 3.66. The van der Waals surface area contributed by atoms with Crippen molar-refractivity contribution in [1.29, 1.82) is 0 Å². The molecule has 6 nitrogen and oxygen atoms in total. The molecule has 4 rings (SSSR count). The smallest absolute Gasteiger partial charge is 0.246 e. The Morgan fingerprint density at radius 3 is 2.66 bits per heavy atom. The Morgan fingerprint density at radius 2 is 1.90 bits per heavy atom. The molecule has 2 aromatic rings. The maximum Gasteiger partial charge on any atom is 0.246 e. The van der Waals surface area contributed by atoms with E-state index in [0.29, 0.717) is 25.4 Å². The highest BCUT2D eigenvalue weighted by Gasteiger charge is 2.20. The molecule has 29 heavy (non-hydrogen) atoms. The Bertz CT molecular complexity index is 923. The fourth-order valence-corrected chi connectivity index (χ4v) is 3.48. The quantitative estimate of drug-likeness (QED) is 0.725. The van der Waals surface area contributed by atoms with E-state index in [4.69, 9.17) is 14.2 Å². The lowest BCUT2D eigenvalue weighted by Gasteiger charge is -2.34. The zero-order valence-electron chi connectivity index (χ0n) is 16.3. The SMILES string of the molecule is COc1ccc(CN2CCN(C(=O)/C=C\c3ccc4c(c3)OCO4)CC2)cc1F. The molecule has 1 amide bonds. The van der Waals surface area contributed by atoms with Crippen molar-refractivity contribution in [2.45, 2.75) is 6.54 Å². The molecule has 0 bridgehead atoms. The van der Waals surface area contributed by atoms with Crippen molar-refractivity contribution in [1.82, 2.24) is 9.80 Å². The Hall–Kier alpha value is -3.06. The lowest BCUT2D eigenvalue weighted by Crippen LogP contribution is -2.47. The van der Waals surface area contributed by atoms with Crippen molar-refractivity contribution >= 4 is 12.0 Å². The van der Waals surface area contributed by atoms with E-state index in [9.17, 15) is 9.18 Å². The minimum absolute atomic E-state index is 0.0159. The van der Waals surface area contributed by atoms with Gasteiger partial charge in [-0.3, -0.25) is 9.69 Å². The van der Waals surface area contributed by atoms with E-state index in [0.717, 1.165) is 30.0 Å². The number of hydrogen-bond donors (Lipinski definition) is 0. The van der Waals surface area contributed by atoms with Gasteiger partial charge in [-0.05, 0) is 41.5 Å². The molecule has 0 aliphatic carbocycles. The van der Waals surface area contributed by atoms with Crippen LogP contribution in [0.4, 0.5) is 4.39 Å². The highest BCUT2D eigenvalue weighted by molar-refractivity contribution is 5.92. The van der Waals surface area contributed by atoms with Gasteiger partial charge in [0.15, 0.2) is 23.1 Å². The highest BCUT2D eigenvalue weighted by atomic mass is 19.1. The maximum atomic E-state index is 13.9. The number of ether oxygens (including phenoxy) is 3. The standard InChI is InChI=1S/C22H23FN2O4/c1-27-19-5-3-17(12-18(19)23)14-24-8-10-25(11-9-24)22(26)7-4-16-2-6-20-21(13-16)29-15-28-20/h2-7,12-13H,8-11,14-15H2,1H3/b7-4-. The van der Waals surface area contributed by atoms with E-state index in [1.165, 1.54) is 13.2 Å². The minimum Gasteiger partial charge on any atom is -0.494 e. The predicted molar refractivity (Wildman–Crippen MR) is 106 cm³/mol. The van der Waals surface area contributed by atoms with Gasteiger partial charge in [0.25, 0.3) is 0 Å². The van der Waals surface area contributed by atoms with Gasteiger partial charge in [0, 0.05) is 38.8 Å². The van der Waals surface area contributed by atoms with Gasteiger partial charge in [0.05, 0.1) is 7.11 Å². The molecule has 2 aromatic carbocycles. The van der Waals surface area contributed by atoms with E-state index >= 15 is 0 Å². The molecule has 1 saturated heterocycles. The number of methoxy groups -OCH3 is 1. The molecule has 0 radical (unpaired) electrons. The molecular formula is C22H23FN2O4. The van der Waals surface area contributed by atoms with Gasteiger partial charge in [-0.1, -0.05) is 12.1 Å². The third kappa shape index (κ3) is 4.51. The normalized spacial score (nSPS) is 16.4. The van der Waals surface area contributed by atoms with E-state index in [1.54, 1.807) is 18.2 Å². The molecule has 7 heteroatoms. The molecule has 0 N–H and O–H groups in total. The number of hydrogen-bond acceptors (Lipinski definition) is 5. The van der Waals surface area contributed by atoms with Gasteiger partial charge < -0.3 is 19.1 Å². The molecule has 2 aliphatic rings. The first-order chi connectivity index (χ1) is 14.1. The number of nitrogens with zero attached hydrogens (tertiary/aromatic N) is 2. The van der Waals surface area contributed by atoms with Gasteiger partial charge in [-0.15, -0.1) is 0 Å². The molecular weight excluding hydrogens is 375 g/mol. The number of amides is 1. The summed E-state index contributed by atoms with van der Waals surface area (Å²) < 4.78 is 29.5. The summed E-state index contributed by atoms with van der Waals surface area (Å²) in [5.74, 6) is 1.30. The summed E-state index contributed by atoms with van der Waals surface area (Å²) in [6, 6.07) is 10.6. The number of halogens is 1. The zero-order valence-corrected chi connectivity index (χ0v) is 16.3. The molecule has 152 valence electrons. The van der Waals surface area contributed by atoms with Crippen molar-refractivity contribution in [3.05, 3.63) is 59.4 Å². The van der Waals surface area contributed by atoms with E-state index in [2.05, 4.69) is 4.90 Å². The monoisotopic (exact) mass is 398 g/mol. The third-order valence-electron chi connectivity index (χ3n) is 5.12. The summed E-state index contributed by atoms with van der Waals surface area (Å²) >= 11 is 0. The number of carbonyl (C=O) groups excluding carboxylic acids is 1. The zero-order chi connectivity index (χ0) is 20.2. The fraction of sp³-hybridized carbons (Fsp3) is 0.318. The summed E-state index contributed by atoms with van der Waals surface area (Å²) in [5, 5.41) is 0. The first-order valence-corrected chi connectivity index (χ1v) is 9.54. The number of rotatable bonds is 5. The largest absolute Gasteiger partial charge is 0.494 e. The molecule has 0 unspecified atom stereocenters. The first-order valence-electron chi connectivity index (χ1n) is 9.54. The lowest BCUT2D eigenvalue weighted by atomic mass is 10.1. The van der Waals surface area contributed by atoms with Crippen LogP contribution in [-0.4, -0.2) is 55.8 Å².